The fourth-order valence-corrected chi connectivity index (χ4v) is 3.85. The van der Waals surface area contributed by atoms with Crippen molar-refractivity contribution < 1.29 is 14.1 Å². The van der Waals surface area contributed by atoms with Crippen molar-refractivity contribution in [2.75, 3.05) is 10.2 Å². The maximum Gasteiger partial charge on any atom is 0.415 e. The van der Waals surface area contributed by atoms with Crippen LogP contribution in [0.1, 0.15) is 13.8 Å². The van der Waals surface area contributed by atoms with Gasteiger partial charge in [0.1, 0.15) is 0 Å². The van der Waals surface area contributed by atoms with Crippen molar-refractivity contribution in [3.8, 4) is 0 Å². The van der Waals surface area contributed by atoms with Gasteiger partial charge in [0.15, 0.2) is 0 Å². The van der Waals surface area contributed by atoms with Crippen molar-refractivity contribution in [2.45, 2.75) is 20.0 Å². The SMILES string of the molecule is CC(C)OC(=O)NP1(=O)Nc2cccc3cccc(c23)N1. The summed E-state index contributed by atoms with van der Waals surface area (Å²) in [6.45, 7) is 3.46. The molecule has 0 aromatic heterocycles. The molecule has 0 atom stereocenters. The van der Waals surface area contributed by atoms with E-state index < -0.39 is 13.7 Å². The van der Waals surface area contributed by atoms with Gasteiger partial charge >= 0.3 is 13.7 Å². The van der Waals surface area contributed by atoms with E-state index in [-0.39, 0.29) is 6.10 Å². The Morgan fingerprint density at radius 3 is 2.24 bits per heavy atom. The molecule has 7 heteroatoms. The second-order valence-electron chi connectivity index (χ2n) is 5.11. The van der Waals surface area contributed by atoms with E-state index in [4.69, 9.17) is 4.74 Å². The smallest absolute Gasteiger partial charge is 0.415 e. The molecule has 1 aliphatic rings. The molecule has 3 N–H and O–H groups in total. The van der Waals surface area contributed by atoms with Crippen LogP contribution in [0.15, 0.2) is 36.4 Å². The number of hydrogen-bond acceptors (Lipinski definition) is 3. The monoisotopic (exact) mass is 305 g/mol. The third-order valence-electron chi connectivity index (χ3n) is 3.05. The minimum atomic E-state index is -3.34. The average Bonchev–Trinajstić information content (AvgIpc) is 2.36. The predicted octanol–water partition coefficient (Wildman–Crippen LogP) is 3.92. The van der Waals surface area contributed by atoms with Crippen LogP contribution < -0.4 is 15.3 Å². The van der Waals surface area contributed by atoms with E-state index in [1.54, 1.807) is 13.8 Å². The largest absolute Gasteiger partial charge is 0.447 e. The Bertz CT molecular complexity index is 715. The first-order valence-corrected chi connectivity index (χ1v) is 8.35. The summed E-state index contributed by atoms with van der Waals surface area (Å²) in [5.74, 6) is 0. The van der Waals surface area contributed by atoms with E-state index in [1.807, 2.05) is 36.4 Å². The fraction of sp³-hybridized carbons (Fsp3) is 0.214. The van der Waals surface area contributed by atoms with Crippen LogP contribution in [0.25, 0.3) is 10.8 Å². The lowest BCUT2D eigenvalue weighted by molar-refractivity contribution is 0.121. The van der Waals surface area contributed by atoms with Gasteiger partial charge in [0.05, 0.1) is 17.5 Å². The van der Waals surface area contributed by atoms with E-state index in [0.29, 0.717) is 0 Å². The maximum atomic E-state index is 12.8. The number of nitrogens with one attached hydrogen (secondary N) is 3. The van der Waals surface area contributed by atoms with Crippen LogP contribution in [0.5, 0.6) is 0 Å². The molecule has 0 saturated heterocycles. The number of amides is 1. The molecular weight excluding hydrogens is 289 g/mol. The zero-order valence-corrected chi connectivity index (χ0v) is 12.6. The highest BCUT2D eigenvalue weighted by atomic mass is 31.2. The van der Waals surface area contributed by atoms with Crippen LogP contribution in [0, 0.1) is 0 Å². The zero-order valence-electron chi connectivity index (χ0n) is 11.7. The highest BCUT2D eigenvalue weighted by molar-refractivity contribution is 7.65. The molecule has 0 aliphatic carbocycles. The first-order valence-electron chi connectivity index (χ1n) is 6.64. The fourth-order valence-electron chi connectivity index (χ4n) is 2.32. The third kappa shape index (κ3) is 2.67. The summed E-state index contributed by atoms with van der Waals surface area (Å²) >= 11 is 0. The van der Waals surface area contributed by atoms with Gasteiger partial charge in [0, 0.05) is 5.39 Å². The Labute approximate surface area is 122 Å². The lowest BCUT2D eigenvalue weighted by Crippen LogP contribution is -2.31. The molecule has 1 aliphatic heterocycles. The summed E-state index contributed by atoms with van der Waals surface area (Å²) in [7, 11) is -3.34. The molecule has 0 saturated carbocycles. The molecule has 1 heterocycles. The van der Waals surface area contributed by atoms with Crippen molar-refractivity contribution in [3.63, 3.8) is 0 Å². The van der Waals surface area contributed by atoms with Gasteiger partial charge in [0.2, 0.25) is 0 Å². The molecule has 3 rings (SSSR count). The Hall–Kier alpha value is -2.20. The summed E-state index contributed by atoms with van der Waals surface area (Å²) in [6, 6.07) is 11.3. The number of carbonyl (C=O) groups is 1. The van der Waals surface area contributed by atoms with Crippen LogP contribution in [0.2, 0.25) is 0 Å². The molecule has 0 unspecified atom stereocenters. The highest BCUT2D eigenvalue weighted by Crippen LogP contribution is 2.50. The molecule has 110 valence electrons. The molecule has 6 nitrogen and oxygen atoms in total. The van der Waals surface area contributed by atoms with Gasteiger partial charge < -0.3 is 14.9 Å². The maximum absolute atomic E-state index is 12.8. The predicted molar refractivity (Wildman–Crippen MR) is 83.6 cm³/mol. The zero-order chi connectivity index (χ0) is 15.0. The van der Waals surface area contributed by atoms with Gasteiger partial charge in [0.25, 0.3) is 0 Å². The van der Waals surface area contributed by atoms with Crippen LogP contribution in [-0.4, -0.2) is 12.2 Å². The Morgan fingerprint density at radius 1 is 1.14 bits per heavy atom. The number of rotatable bonds is 2. The van der Waals surface area contributed by atoms with Gasteiger partial charge in [-0.1, -0.05) is 24.3 Å². The van der Waals surface area contributed by atoms with Crippen molar-refractivity contribution in [2.24, 2.45) is 0 Å². The molecule has 0 radical (unpaired) electrons. The third-order valence-corrected chi connectivity index (χ3v) is 4.66. The molecule has 2 aromatic rings. The Balaban J connectivity index is 1.93. The molecule has 0 bridgehead atoms. The van der Waals surface area contributed by atoms with Gasteiger partial charge in [-0.3, -0.25) is 4.57 Å². The van der Waals surface area contributed by atoms with Crippen LogP contribution in [0.3, 0.4) is 0 Å². The topological polar surface area (TPSA) is 79.5 Å². The molecule has 2 aromatic carbocycles. The first-order chi connectivity index (χ1) is 9.97. The van der Waals surface area contributed by atoms with Crippen molar-refractivity contribution in [1.29, 1.82) is 0 Å². The summed E-state index contributed by atoms with van der Waals surface area (Å²) < 4.78 is 17.8. The Kier molecular flexibility index (Phi) is 3.26. The van der Waals surface area contributed by atoms with E-state index in [9.17, 15) is 9.36 Å². The first kappa shape index (κ1) is 13.8. The lowest BCUT2D eigenvalue weighted by Gasteiger charge is -2.29. The standard InChI is InChI=1S/C14H16N3O3P/c1-9(2)20-14(18)17-21(19)15-11-7-3-5-10-6-4-8-12(16-21)13(10)11/h3-9H,1-2H3,(H3,15,16,17,18,19). The van der Waals surface area contributed by atoms with Crippen molar-refractivity contribution in [1.82, 2.24) is 5.09 Å². The van der Waals surface area contributed by atoms with Crippen molar-refractivity contribution in [3.05, 3.63) is 36.4 Å². The molecule has 1 amide bonds. The summed E-state index contributed by atoms with van der Waals surface area (Å²) in [4.78, 5) is 11.7. The second-order valence-corrected chi connectivity index (χ2v) is 7.00. The lowest BCUT2D eigenvalue weighted by atomic mass is 10.1. The number of anilines is 2. The van der Waals surface area contributed by atoms with Gasteiger partial charge in [-0.2, -0.15) is 0 Å². The number of carbonyl (C=O) groups excluding carboxylic acids is 1. The average molecular weight is 305 g/mol. The minimum absolute atomic E-state index is 0.280. The molecular formula is C14H16N3O3P. The quantitative estimate of drug-likeness (QED) is 0.733. The highest BCUT2D eigenvalue weighted by Gasteiger charge is 2.31. The molecule has 0 fully saturated rings. The van der Waals surface area contributed by atoms with E-state index in [0.717, 1.165) is 22.1 Å². The van der Waals surface area contributed by atoms with E-state index in [2.05, 4.69) is 15.3 Å². The Morgan fingerprint density at radius 2 is 1.71 bits per heavy atom. The van der Waals surface area contributed by atoms with Crippen LogP contribution in [0.4, 0.5) is 16.2 Å². The van der Waals surface area contributed by atoms with Crippen molar-refractivity contribution >= 4 is 35.8 Å². The van der Waals surface area contributed by atoms with Gasteiger partial charge in [-0.15, -0.1) is 0 Å². The van der Waals surface area contributed by atoms with E-state index in [1.165, 1.54) is 0 Å². The van der Waals surface area contributed by atoms with Crippen LogP contribution in [-0.2, 0) is 9.30 Å². The number of ether oxygens (including phenoxy) is 1. The number of hydrogen-bond donors (Lipinski definition) is 3. The normalized spacial score (nSPS) is 15.2. The summed E-state index contributed by atoms with van der Waals surface area (Å²) in [6.07, 6.45) is -1.00. The van der Waals surface area contributed by atoms with Crippen LogP contribution >= 0.6 is 7.59 Å². The summed E-state index contributed by atoms with van der Waals surface area (Å²) in [5.41, 5.74) is 1.44. The second kappa shape index (κ2) is 4.97. The van der Waals surface area contributed by atoms with Gasteiger partial charge in [-0.25, -0.2) is 9.88 Å². The summed E-state index contributed by atoms with van der Waals surface area (Å²) in [5, 5.41) is 10.1. The number of benzene rings is 2. The van der Waals surface area contributed by atoms with Gasteiger partial charge in [-0.05, 0) is 31.4 Å². The minimum Gasteiger partial charge on any atom is -0.447 e. The molecule has 0 spiro atoms. The van der Waals surface area contributed by atoms with E-state index >= 15 is 0 Å². The molecule has 21 heavy (non-hydrogen) atoms.